The minimum absolute atomic E-state index is 0.392. The second-order valence-corrected chi connectivity index (χ2v) is 5.07. The number of nitrogens with one attached hydrogen (secondary N) is 1. The SMILES string of the molecule is N#Cc1cc(Br)ccc1NCCC1CCCO1. The molecule has 90 valence electrons. The molecule has 1 aromatic carbocycles. The van der Waals surface area contributed by atoms with Crippen LogP contribution in [0.5, 0.6) is 0 Å². The van der Waals surface area contributed by atoms with E-state index in [1.165, 1.54) is 6.42 Å². The average Bonchev–Trinajstić information content (AvgIpc) is 2.84. The molecule has 1 saturated heterocycles. The highest BCUT2D eigenvalue weighted by Gasteiger charge is 2.14. The molecule has 0 saturated carbocycles. The molecular weight excluding hydrogens is 280 g/mol. The number of nitriles is 1. The van der Waals surface area contributed by atoms with E-state index in [0.717, 1.165) is 36.2 Å². The summed E-state index contributed by atoms with van der Waals surface area (Å²) in [6.45, 7) is 1.74. The van der Waals surface area contributed by atoms with Crippen molar-refractivity contribution in [2.75, 3.05) is 18.5 Å². The molecule has 1 aromatic rings. The van der Waals surface area contributed by atoms with Crippen LogP contribution in [0.2, 0.25) is 0 Å². The molecule has 0 aromatic heterocycles. The summed E-state index contributed by atoms with van der Waals surface area (Å²) in [6, 6.07) is 7.89. The van der Waals surface area contributed by atoms with Gasteiger partial charge in [0.15, 0.2) is 0 Å². The zero-order chi connectivity index (χ0) is 12.1. The largest absolute Gasteiger partial charge is 0.384 e. The molecule has 0 aliphatic carbocycles. The summed E-state index contributed by atoms with van der Waals surface area (Å²) in [5, 5.41) is 12.3. The van der Waals surface area contributed by atoms with Gasteiger partial charge in [-0.3, -0.25) is 0 Å². The topological polar surface area (TPSA) is 45.0 Å². The Morgan fingerprint density at radius 1 is 1.53 bits per heavy atom. The van der Waals surface area contributed by atoms with Gasteiger partial charge in [-0.25, -0.2) is 0 Å². The second-order valence-electron chi connectivity index (χ2n) is 4.15. The van der Waals surface area contributed by atoms with Crippen LogP contribution in [0.25, 0.3) is 0 Å². The molecule has 1 aliphatic heterocycles. The molecule has 0 bridgehead atoms. The van der Waals surface area contributed by atoms with Gasteiger partial charge in [-0.2, -0.15) is 5.26 Å². The fourth-order valence-corrected chi connectivity index (χ4v) is 2.36. The number of rotatable bonds is 4. The molecule has 2 rings (SSSR count). The Bertz CT molecular complexity index is 422. The molecule has 1 fully saturated rings. The number of ether oxygens (including phenoxy) is 1. The van der Waals surface area contributed by atoms with Gasteiger partial charge < -0.3 is 10.1 Å². The molecule has 1 unspecified atom stereocenters. The first-order chi connectivity index (χ1) is 8.29. The molecular formula is C13H15BrN2O. The summed E-state index contributed by atoms with van der Waals surface area (Å²) in [6.07, 6.45) is 3.73. The molecule has 0 amide bonds. The number of anilines is 1. The first-order valence-corrected chi connectivity index (χ1v) is 6.64. The highest BCUT2D eigenvalue weighted by molar-refractivity contribution is 9.10. The first-order valence-electron chi connectivity index (χ1n) is 5.85. The van der Waals surface area contributed by atoms with Gasteiger partial charge in [0.05, 0.1) is 17.4 Å². The monoisotopic (exact) mass is 294 g/mol. The third kappa shape index (κ3) is 3.45. The van der Waals surface area contributed by atoms with Crippen molar-refractivity contribution in [3.63, 3.8) is 0 Å². The Labute approximate surface area is 110 Å². The van der Waals surface area contributed by atoms with Crippen LogP contribution in [0.3, 0.4) is 0 Å². The van der Waals surface area contributed by atoms with Crippen LogP contribution in [0.1, 0.15) is 24.8 Å². The Morgan fingerprint density at radius 3 is 3.12 bits per heavy atom. The van der Waals surface area contributed by atoms with Gasteiger partial charge in [0.2, 0.25) is 0 Å². The van der Waals surface area contributed by atoms with Crippen LogP contribution in [-0.4, -0.2) is 19.3 Å². The Morgan fingerprint density at radius 2 is 2.41 bits per heavy atom. The Balaban J connectivity index is 1.88. The molecule has 17 heavy (non-hydrogen) atoms. The van der Waals surface area contributed by atoms with Gasteiger partial charge in [0.25, 0.3) is 0 Å². The fraction of sp³-hybridized carbons (Fsp3) is 0.462. The summed E-state index contributed by atoms with van der Waals surface area (Å²) in [5.74, 6) is 0. The van der Waals surface area contributed by atoms with Gasteiger partial charge >= 0.3 is 0 Å². The summed E-state index contributed by atoms with van der Waals surface area (Å²) in [5.41, 5.74) is 1.57. The van der Waals surface area contributed by atoms with E-state index in [4.69, 9.17) is 10.00 Å². The van der Waals surface area contributed by atoms with Gasteiger partial charge in [0.1, 0.15) is 6.07 Å². The van der Waals surface area contributed by atoms with Crippen LogP contribution in [0.15, 0.2) is 22.7 Å². The van der Waals surface area contributed by atoms with Crippen LogP contribution in [0.4, 0.5) is 5.69 Å². The van der Waals surface area contributed by atoms with Gasteiger partial charge in [-0.05, 0) is 37.5 Å². The van der Waals surface area contributed by atoms with Crippen molar-refractivity contribution in [2.24, 2.45) is 0 Å². The Kier molecular flexibility index (Phi) is 4.41. The molecule has 1 atom stereocenters. The van der Waals surface area contributed by atoms with E-state index in [0.29, 0.717) is 11.7 Å². The van der Waals surface area contributed by atoms with Crippen molar-refractivity contribution < 1.29 is 4.74 Å². The maximum Gasteiger partial charge on any atom is 0.101 e. The smallest absolute Gasteiger partial charge is 0.101 e. The van der Waals surface area contributed by atoms with Crippen LogP contribution < -0.4 is 5.32 Å². The highest BCUT2D eigenvalue weighted by atomic mass is 79.9. The molecule has 4 heteroatoms. The lowest BCUT2D eigenvalue weighted by Gasteiger charge is -2.12. The average molecular weight is 295 g/mol. The molecule has 1 N–H and O–H groups in total. The third-order valence-corrected chi connectivity index (χ3v) is 3.40. The maximum absolute atomic E-state index is 9.02. The predicted molar refractivity (Wildman–Crippen MR) is 70.9 cm³/mol. The Hall–Kier alpha value is -1.05. The van der Waals surface area contributed by atoms with Gasteiger partial charge in [0, 0.05) is 17.6 Å². The molecule has 1 aliphatic rings. The molecule has 0 radical (unpaired) electrons. The van der Waals surface area contributed by atoms with E-state index in [-0.39, 0.29) is 0 Å². The normalized spacial score (nSPS) is 18.9. The third-order valence-electron chi connectivity index (χ3n) is 2.91. The van der Waals surface area contributed by atoms with Crippen molar-refractivity contribution in [1.29, 1.82) is 5.26 Å². The first kappa shape index (κ1) is 12.4. The second kappa shape index (κ2) is 6.04. The minimum Gasteiger partial charge on any atom is -0.384 e. The van der Waals surface area contributed by atoms with Gasteiger partial charge in [-0.1, -0.05) is 15.9 Å². The number of halogens is 1. The van der Waals surface area contributed by atoms with E-state index in [2.05, 4.69) is 27.3 Å². The van der Waals surface area contributed by atoms with Crippen molar-refractivity contribution in [2.45, 2.75) is 25.4 Å². The van der Waals surface area contributed by atoms with E-state index in [1.807, 2.05) is 18.2 Å². The van der Waals surface area contributed by atoms with E-state index >= 15 is 0 Å². The van der Waals surface area contributed by atoms with Crippen LogP contribution in [-0.2, 0) is 4.74 Å². The standard InChI is InChI=1S/C13H15BrN2O/c14-11-3-4-13(10(8-11)9-15)16-6-5-12-2-1-7-17-12/h3-4,8,12,16H,1-2,5-7H2. The van der Waals surface area contributed by atoms with Crippen LogP contribution in [0, 0.1) is 11.3 Å². The summed E-state index contributed by atoms with van der Waals surface area (Å²) in [7, 11) is 0. The molecule has 0 spiro atoms. The lowest BCUT2D eigenvalue weighted by atomic mass is 10.1. The van der Waals surface area contributed by atoms with Crippen molar-refractivity contribution in [1.82, 2.24) is 0 Å². The predicted octanol–water partition coefficient (Wildman–Crippen LogP) is 3.30. The molecule has 1 heterocycles. The summed E-state index contributed by atoms with van der Waals surface area (Å²) < 4.78 is 6.48. The minimum atomic E-state index is 0.392. The van der Waals surface area contributed by atoms with E-state index in [9.17, 15) is 0 Å². The van der Waals surface area contributed by atoms with Crippen molar-refractivity contribution in [3.8, 4) is 6.07 Å². The summed E-state index contributed by atoms with van der Waals surface area (Å²) >= 11 is 3.36. The maximum atomic E-state index is 9.02. The zero-order valence-corrected chi connectivity index (χ0v) is 11.2. The zero-order valence-electron chi connectivity index (χ0n) is 9.58. The van der Waals surface area contributed by atoms with Crippen molar-refractivity contribution in [3.05, 3.63) is 28.2 Å². The summed E-state index contributed by atoms with van der Waals surface area (Å²) in [4.78, 5) is 0. The number of benzene rings is 1. The number of hydrogen-bond donors (Lipinski definition) is 1. The van der Waals surface area contributed by atoms with Gasteiger partial charge in [-0.15, -0.1) is 0 Å². The molecule has 3 nitrogen and oxygen atoms in total. The van der Waals surface area contributed by atoms with E-state index in [1.54, 1.807) is 0 Å². The van der Waals surface area contributed by atoms with E-state index < -0.39 is 0 Å². The quantitative estimate of drug-likeness (QED) is 0.927. The number of hydrogen-bond acceptors (Lipinski definition) is 3. The fourth-order valence-electron chi connectivity index (χ4n) is 2.00. The lowest BCUT2D eigenvalue weighted by Crippen LogP contribution is -2.12. The highest BCUT2D eigenvalue weighted by Crippen LogP contribution is 2.21. The van der Waals surface area contributed by atoms with Crippen LogP contribution >= 0.6 is 15.9 Å². The lowest BCUT2D eigenvalue weighted by molar-refractivity contribution is 0.107. The van der Waals surface area contributed by atoms with Crippen molar-refractivity contribution >= 4 is 21.6 Å². The number of nitrogens with zero attached hydrogens (tertiary/aromatic N) is 1.